The van der Waals surface area contributed by atoms with E-state index in [0.717, 1.165) is 127 Å². The Morgan fingerprint density at radius 2 is 0.890 bits per heavy atom. The Kier molecular flexibility index (Phi) is 21.6. The Morgan fingerprint density at radius 1 is 0.463 bits per heavy atom. The summed E-state index contributed by atoms with van der Waals surface area (Å²) < 4.78 is 9.05. The molecule has 13 heteroatoms. The van der Waals surface area contributed by atoms with Crippen molar-refractivity contribution in [2.45, 2.75) is 99.9 Å². The topological polar surface area (TPSA) is 33.6 Å². The standard InChI is InChI=1S/C69H105N11S2/c1-71-61-37-23-25-39-63(61)81-67(71)54-56-52-65(73(43-30-48-77(3,4)5)44-31-49-78(6,7)8)70-69-59(56)35-29-42-75(69)41-27-19-17-15-16-18-20-28-47-76-60-36-22-21-34-58(60)57(55-68-72(2)62-38-24-26-40-64(62)82-68)53-66(76)74(45-32-50-79(9,10)11)46-33-51-80(12,13)14/h21-26,29,34-40,42,52-55H,15-20,27-28,30-33,41,43-51H2,1-14H3/q+6. The quantitative estimate of drug-likeness (QED) is 0.0244. The molecule has 8 rings (SSSR count). The summed E-state index contributed by atoms with van der Waals surface area (Å²) in [6.45, 7) is 10.7. The number of quaternary nitrogens is 4. The fraction of sp³-hybridized carbons (Fsp3) is 0.522. The van der Waals surface area contributed by atoms with Gasteiger partial charge in [0.1, 0.15) is 5.52 Å². The van der Waals surface area contributed by atoms with E-state index in [1.807, 2.05) is 23.5 Å². The fourth-order valence-electron chi connectivity index (χ4n) is 11.7. The van der Waals surface area contributed by atoms with Crippen molar-refractivity contribution in [3.05, 3.63) is 124 Å². The van der Waals surface area contributed by atoms with Crippen LogP contribution in [0.3, 0.4) is 0 Å². The summed E-state index contributed by atoms with van der Waals surface area (Å²) in [5.41, 5.74) is 7.56. The number of fused-ring (bicyclic) bond motifs is 4. The van der Waals surface area contributed by atoms with Gasteiger partial charge >= 0.3 is 5.65 Å². The van der Waals surface area contributed by atoms with Crippen LogP contribution in [0.2, 0.25) is 0 Å². The zero-order valence-corrected chi connectivity index (χ0v) is 54.9. The molecular formula is C69H105N11S2+6. The summed E-state index contributed by atoms with van der Waals surface area (Å²) in [4.78, 5) is 18.3. The van der Waals surface area contributed by atoms with Crippen LogP contribution in [0, 0.1) is 0 Å². The highest BCUT2D eigenvalue weighted by Gasteiger charge is 2.29. The van der Waals surface area contributed by atoms with Crippen molar-refractivity contribution in [3.63, 3.8) is 0 Å². The summed E-state index contributed by atoms with van der Waals surface area (Å²) in [5, 5.41) is 5.09. The summed E-state index contributed by atoms with van der Waals surface area (Å²) >= 11 is 3.76. The molecule has 2 aliphatic rings. The minimum Gasteiger partial charge on any atom is -0.338 e. The SMILES string of the molecule is CN1/C(=C\c2cc(N(CCC[N+](C)(C)C)CCC[N+](C)(C)C)nc3c2ccc[n+]3CCCCCCCCCC[n+]2c(N(CCC[N+](C)(C)C)CCC[N+](C)(C)C)cc(/C=C3/Sc4ccccc4N3C)c3ccccc32)Sc2ccccc21. The Balaban J connectivity index is 0.945. The van der Waals surface area contributed by atoms with E-state index in [2.05, 4.69) is 243 Å². The van der Waals surface area contributed by atoms with Gasteiger partial charge in [-0.3, -0.25) is 4.90 Å². The van der Waals surface area contributed by atoms with Crippen LogP contribution in [0.25, 0.3) is 34.1 Å². The highest BCUT2D eigenvalue weighted by Crippen LogP contribution is 2.47. The first kappa shape index (κ1) is 62.9. The van der Waals surface area contributed by atoms with E-state index in [1.165, 1.54) is 109 Å². The van der Waals surface area contributed by atoms with Gasteiger partial charge < -0.3 is 32.6 Å². The molecule has 6 aromatic rings. The lowest BCUT2D eigenvalue weighted by atomic mass is 10.1. The first-order valence-corrected chi connectivity index (χ1v) is 32.6. The van der Waals surface area contributed by atoms with Gasteiger partial charge in [-0.05, 0) is 96.4 Å². The number of nitrogens with zero attached hydrogens (tertiary/aromatic N) is 11. The minimum atomic E-state index is 0.967. The van der Waals surface area contributed by atoms with Crippen LogP contribution in [-0.2, 0) is 13.1 Å². The number of aromatic nitrogens is 3. The molecule has 0 amide bonds. The third kappa shape index (κ3) is 17.9. The van der Waals surface area contributed by atoms with Crippen molar-refractivity contribution in [2.24, 2.45) is 0 Å². The van der Waals surface area contributed by atoms with Gasteiger partial charge in [-0.15, -0.1) is 0 Å². The maximum absolute atomic E-state index is 5.61. The van der Waals surface area contributed by atoms with Crippen LogP contribution in [0.15, 0.2) is 123 Å². The van der Waals surface area contributed by atoms with Crippen LogP contribution in [-0.4, -0.2) is 174 Å². The number of rotatable bonds is 31. The Labute approximate surface area is 504 Å². The van der Waals surface area contributed by atoms with E-state index in [4.69, 9.17) is 4.98 Å². The number of aryl methyl sites for hydroxylation is 2. The summed E-state index contributed by atoms with van der Waals surface area (Å²) in [5.74, 6) is 2.47. The van der Waals surface area contributed by atoms with Crippen molar-refractivity contribution in [3.8, 4) is 0 Å². The lowest BCUT2D eigenvalue weighted by Gasteiger charge is -2.28. The average molecular weight is 1150 g/mol. The zero-order chi connectivity index (χ0) is 58.7. The molecule has 0 N–H and O–H groups in total. The number of anilines is 4. The van der Waals surface area contributed by atoms with Crippen LogP contribution >= 0.6 is 23.5 Å². The molecule has 0 saturated carbocycles. The van der Waals surface area contributed by atoms with Gasteiger partial charge in [0.2, 0.25) is 5.82 Å². The first-order chi connectivity index (χ1) is 39.0. The molecule has 82 heavy (non-hydrogen) atoms. The molecule has 0 radical (unpaired) electrons. The molecule has 3 aromatic carbocycles. The van der Waals surface area contributed by atoms with E-state index >= 15 is 0 Å². The van der Waals surface area contributed by atoms with Crippen LogP contribution < -0.4 is 28.7 Å². The van der Waals surface area contributed by atoms with Gasteiger partial charge in [-0.1, -0.05) is 91.7 Å². The zero-order valence-electron chi connectivity index (χ0n) is 53.3. The summed E-state index contributed by atoms with van der Waals surface area (Å²) in [6, 6.07) is 36.3. The molecule has 442 valence electrons. The fourth-order valence-corrected chi connectivity index (χ4v) is 13.9. The third-order valence-electron chi connectivity index (χ3n) is 16.2. The maximum atomic E-state index is 5.61. The highest BCUT2D eigenvalue weighted by atomic mass is 32.2. The van der Waals surface area contributed by atoms with Gasteiger partial charge in [0.25, 0.3) is 5.82 Å². The van der Waals surface area contributed by atoms with Crippen LogP contribution in [0.5, 0.6) is 0 Å². The molecule has 5 heterocycles. The molecule has 0 spiro atoms. The van der Waals surface area contributed by atoms with E-state index < -0.39 is 0 Å². The van der Waals surface area contributed by atoms with E-state index in [9.17, 15) is 0 Å². The lowest BCUT2D eigenvalue weighted by molar-refractivity contribution is -0.870. The van der Waals surface area contributed by atoms with Crippen molar-refractivity contribution in [2.75, 3.05) is 171 Å². The highest BCUT2D eigenvalue weighted by molar-refractivity contribution is 8.04. The Bertz CT molecular complexity index is 3080. The van der Waals surface area contributed by atoms with Crippen LogP contribution in [0.4, 0.5) is 23.0 Å². The Hall–Kier alpha value is -5.15. The first-order valence-electron chi connectivity index (χ1n) is 31.0. The number of thioether (sulfide) groups is 2. The van der Waals surface area contributed by atoms with Crippen molar-refractivity contribution < 1.29 is 27.1 Å². The number of hydrogen-bond donors (Lipinski definition) is 0. The molecular weight excluding hydrogens is 1050 g/mol. The predicted octanol–water partition coefficient (Wildman–Crippen LogP) is 12.9. The maximum Gasteiger partial charge on any atom is 0.333 e. The van der Waals surface area contributed by atoms with Crippen molar-refractivity contribution >= 4 is 80.6 Å². The molecule has 0 aliphatic carbocycles. The minimum absolute atomic E-state index is 0.967. The van der Waals surface area contributed by atoms with Gasteiger partial charge in [-0.2, -0.15) is 0 Å². The van der Waals surface area contributed by atoms with Gasteiger partial charge in [0, 0.05) is 80.2 Å². The molecule has 2 aliphatic heterocycles. The molecule has 0 fully saturated rings. The lowest BCUT2D eigenvalue weighted by Crippen LogP contribution is -2.46. The number of unbranched alkanes of at least 4 members (excludes halogenated alkanes) is 7. The third-order valence-corrected chi connectivity index (χ3v) is 18.6. The van der Waals surface area contributed by atoms with E-state index in [-0.39, 0.29) is 0 Å². The molecule has 0 bridgehead atoms. The second kappa shape index (κ2) is 28.2. The number of benzene rings is 3. The summed E-state index contributed by atoms with van der Waals surface area (Å²) in [7, 11) is 32.2. The molecule has 3 aromatic heterocycles. The number of hydrogen-bond acceptors (Lipinski definition) is 7. The van der Waals surface area contributed by atoms with Crippen molar-refractivity contribution in [1.29, 1.82) is 0 Å². The normalized spacial score (nSPS) is 15.0. The smallest absolute Gasteiger partial charge is 0.333 e. The van der Waals surface area contributed by atoms with Crippen LogP contribution in [0.1, 0.15) is 88.2 Å². The second-order valence-electron chi connectivity index (χ2n) is 27.6. The molecule has 0 unspecified atom stereocenters. The van der Waals surface area contributed by atoms with E-state index in [0.29, 0.717) is 0 Å². The van der Waals surface area contributed by atoms with E-state index in [1.54, 1.807) is 0 Å². The molecule has 11 nitrogen and oxygen atoms in total. The monoisotopic (exact) mass is 1150 g/mol. The van der Waals surface area contributed by atoms with Crippen molar-refractivity contribution in [1.82, 2.24) is 4.98 Å². The molecule has 0 saturated heterocycles. The number of para-hydroxylation sites is 3. The second-order valence-corrected chi connectivity index (χ2v) is 29.8. The van der Waals surface area contributed by atoms with Gasteiger partial charge in [-0.25, -0.2) is 9.13 Å². The molecule has 0 atom stereocenters. The average Bonchev–Trinajstić information content (AvgIpc) is 4.09. The predicted molar refractivity (Wildman–Crippen MR) is 355 cm³/mol. The summed E-state index contributed by atoms with van der Waals surface area (Å²) in [6.07, 6.45) is 21.6. The number of pyridine rings is 3. The van der Waals surface area contributed by atoms with Gasteiger partial charge in [0.15, 0.2) is 0 Å². The Morgan fingerprint density at radius 3 is 1.39 bits per heavy atom. The van der Waals surface area contributed by atoms with Gasteiger partial charge in [0.05, 0.1) is 170 Å². The largest absolute Gasteiger partial charge is 0.338 e.